The first-order valence-corrected chi connectivity index (χ1v) is 10.9. The molecule has 1 aliphatic heterocycles. The van der Waals surface area contributed by atoms with Crippen LogP contribution in [0, 0.1) is 11.3 Å². The van der Waals surface area contributed by atoms with E-state index in [-0.39, 0.29) is 5.54 Å². The van der Waals surface area contributed by atoms with Gasteiger partial charge in [-0.3, -0.25) is 0 Å². The van der Waals surface area contributed by atoms with Gasteiger partial charge in [0.15, 0.2) is 0 Å². The molecule has 1 heterocycles. The Balaban J connectivity index is 2.09. The van der Waals surface area contributed by atoms with E-state index in [0.717, 1.165) is 35.0 Å². The Hall–Kier alpha value is -1.76. The van der Waals surface area contributed by atoms with Crippen LogP contribution in [0.25, 0.3) is 11.6 Å². The summed E-state index contributed by atoms with van der Waals surface area (Å²) >= 11 is 10.1. The molecule has 0 radical (unpaired) electrons. The van der Waals surface area contributed by atoms with Gasteiger partial charge in [-0.05, 0) is 79.6 Å². The molecule has 4 heteroatoms. The Labute approximate surface area is 181 Å². The highest BCUT2D eigenvalue weighted by Gasteiger charge is 2.36. The summed E-state index contributed by atoms with van der Waals surface area (Å²) in [6, 6.07) is 14.4. The van der Waals surface area contributed by atoms with E-state index in [1.807, 2.05) is 30.3 Å². The van der Waals surface area contributed by atoms with Crippen molar-refractivity contribution in [2.24, 2.45) is 0 Å². The molecule has 2 aromatic carbocycles. The SMILES string of the molecule is CCCN1c2cc(Cl)c(/C=C(\C#N)c3ccc(Br)cc3)cc2C(C)CC1(C)C. The van der Waals surface area contributed by atoms with Crippen molar-refractivity contribution in [2.75, 3.05) is 11.4 Å². The molecule has 0 saturated carbocycles. The van der Waals surface area contributed by atoms with Crippen LogP contribution in [0.4, 0.5) is 5.69 Å². The minimum atomic E-state index is 0.109. The van der Waals surface area contributed by atoms with Crippen molar-refractivity contribution in [3.63, 3.8) is 0 Å². The van der Waals surface area contributed by atoms with Gasteiger partial charge in [-0.25, -0.2) is 0 Å². The lowest BCUT2D eigenvalue weighted by atomic mass is 9.79. The second-order valence-electron chi connectivity index (χ2n) is 8.18. The van der Waals surface area contributed by atoms with Crippen LogP contribution in [0.2, 0.25) is 5.02 Å². The summed E-state index contributed by atoms with van der Waals surface area (Å²) in [5.41, 5.74) is 5.07. The van der Waals surface area contributed by atoms with E-state index >= 15 is 0 Å². The minimum absolute atomic E-state index is 0.109. The highest BCUT2D eigenvalue weighted by atomic mass is 79.9. The van der Waals surface area contributed by atoms with Gasteiger partial charge in [-0.2, -0.15) is 5.26 Å². The largest absolute Gasteiger partial charge is 0.366 e. The molecule has 2 aromatic rings. The third-order valence-electron chi connectivity index (χ3n) is 5.53. The zero-order valence-corrected chi connectivity index (χ0v) is 19.2. The molecule has 0 aromatic heterocycles. The van der Waals surface area contributed by atoms with Crippen molar-refractivity contribution < 1.29 is 0 Å². The molecule has 0 aliphatic carbocycles. The van der Waals surface area contributed by atoms with E-state index in [9.17, 15) is 5.26 Å². The molecule has 146 valence electrons. The molecular formula is C24H26BrClN2. The first-order chi connectivity index (χ1) is 13.3. The van der Waals surface area contributed by atoms with Crippen molar-refractivity contribution in [2.45, 2.75) is 52.0 Å². The van der Waals surface area contributed by atoms with Gasteiger partial charge in [-0.15, -0.1) is 0 Å². The second kappa shape index (κ2) is 8.31. The molecule has 0 bridgehead atoms. The summed E-state index contributed by atoms with van der Waals surface area (Å²) in [4.78, 5) is 2.49. The summed E-state index contributed by atoms with van der Waals surface area (Å²) in [5.74, 6) is 0.445. The first-order valence-electron chi connectivity index (χ1n) is 9.75. The summed E-state index contributed by atoms with van der Waals surface area (Å²) in [6.07, 6.45) is 4.10. The molecule has 1 unspecified atom stereocenters. The average Bonchev–Trinajstić information content (AvgIpc) is 2.64. The number of anilines is 1. The Bertz CT molecular complexity index is 938. The molecule has 2 nitrogen and oxygen atoms in total. The van der Waals surface area contributed by atoms with Crippen LogP contribution in [0.3, 0.4) is 0 Å². The first kappa shape index (κ1) is 21.0. The average molecular weight is 458 g/mol. The number of benzene rings is 2. The van der Waals surface area contributed by atoms with Crippen LogP contribution in [-0.2, 0) is 0 Å². The molecule has 0 N–H and O–H groups in total. The molecule has 3 rings (SSSR count). The van der Waals surface area contributed by atoms with Gasteiger partial charge in [0.1, 0.15) is 0 Å². The van der Waals surface area contributed by atoms with Crippen molar-refractivity contribution >= 4 is 44.9 Å². The quantitative estimate of drug-likeness (QED) is 0.348. The van der Waals surface area contributed by atoms with Gasteiger partial charge in [-0.1, -0.05) is 53.5 Å². The third kappa shape index (κ3) is 4.14. The molecule has 1 atom stereocenters. The number of fused-ring (bicyclic) bond motifs is 1. The summed E-state index contributed by atoms with van der Waals surface area (Å²) < 4.78 is 0.993. The van der Waals surface area contributed by atoms with Crippen molar-refractivity contribution in [1.82, 2.24) is 0 Å². The summed E-state index contributed by atoms with van der Waals surface area (Å²) in [5, 5.41) is 10.4. The lowest BCUT2D eigenvalue weighted by Crippen LogP contribution is -2.48. The second-order valence-corrected chi connectivity index (χ2v) is 9.50. The maximum atomic E-state index is 9.69. The molecule has 0 saturated heterocycles. The van der Waals surface area contributed by atoms with Gasteiger partial charge >= 0.3 is 0 Å². The van der Waals surface area contributed by atoms with Crippen LogP contribution in [0.15, 0.2) is 40.9 Å². The lowest BCUT2D eigenvalue weighted by molar-refractivity contribution is 0.376. The van der Waals surface area contributed by atoms with E-state index in [0.29, 0.717) is 16.5 Å². The normalized spacial score (nSPS) is 18.5. The van der Waals surface area contributed by atoms with Crippen LogP contribution in [0.1, 0.15) is 63.1 Å². The van der Waals surface area contributed by atoms with Gasteiger partial charge in [0.25, 0.3) is 0 Å². The number of halogens is 2. The van der Waals surface area contributed by atoms with E-state index in [1.54, 1.807) is 0 Å². The van der Waals surface area contributed by atoms with E-state index in [1.165, 1.54) is 11.3 Å². The van der Waals surface area contributed by atoms with Crippen molar-refractivity contribution in [3.8, 4) is 6.07 Å². The van der Waals surface area contributed by atoms with Gasteiger partial charge in [0.05, 0.1) is 11.6 Å². The van der Waals surface area contributed by atoms with Crippen LogP contribution in [0.5, 0.6) is 0 Å². The maximum absolute atomic E-state index is 9.69. The van der Waals surface area contributed by atoms with Gasteiger partial charge in [0, 0.05) is 27.3 Å². The predicted octanol–water partition coefficient (Wildman–Crippen LogP) is 7.67. The number of hydrogen-bond acceptors (Lipinski definition) is 2. The zero-order valence-electron chi connectivity index (χ0n) is 16.9. The highest BCUT2D eigenvalue weighted by Crippen LogP contribution is 2.45. The Morgan fingerprint density at radius 2 is 2.00 bits per heavy atom. The smallest absolute Gasteiger partial charge is 0.0998 e. The predicted molar refractivity (Wildman–Crippen MR) is 124 cm³/mol. The van der Waals surface area contributed by atoms with Crippen molar-refractivity contribution in [1.29, 1.82) is 5.26 Å². The molecule has 0 spiro atoms. The Morgan fingerprint density at radius 3 is 2.61 bits per heavy atom. The lowest BCUT2D eigenvalue weighted by Gasteiger charge is -2.47. The monoisotopic (exact) mass is 456 g/mol. The van der Waals surface area contributed by atoms with Gasteiger partial charge < -0.3 is 4.90 Å². The number of allylic oxidation sites excluding steroid dienone is 1. The fourth-order valence-electron chi connectivity index (χ4n) is 4.24. The number of nitriles is 1. The number of nitrogens with zero attached hydrogens (tertiary/aromatic N) is 2. The Kier molecular flexibility index (Phi) is 6.22. The van der Waals surface area contributed by atoms with Crippen LogP contribution < -0.4 is 4.90 Å². The summed E-state index contributed by atoms with van der Waals surface area (Å²) in [6.45, 7) is 10.1. The Morgan fingerprint density at radius 1 is 1.32 bits per heavy atom. The molecule has 0 fully saturated rings. The molecule has 0 amide bonds. The van der Waals surface area contributed by atoms with Crippen LogP contribution in [-0.4, -0.2) is 12.1 Å². The van der Waals surface area contributed by atoms with E-state index in [2.05, 4.69) is 66.7 Å². The number of hydrogen-bond donors (Lipinski definition) is 0. The van der Waals surface area contributed by atoms with Crippen molar-refractivity contribution in [3.05, 3.63) is 62.6 Å². The summed E-state index contributed by atoms with van der Waals surface area (Å²) in [7, 11) is 0. The topological polar surface area (TPSA) is 27.0 Å². The maximum Gasteiger partial charge on any atom is 0.0998 e. The van der Waals surface area contributed by atoms with Crippen LogP contribution >= 0.6 is 27.5 Å². The fraction of sp³-hybridized carbons (Fsp3) is 0.375. The highest BCUT2D eigenvalue weighted by molar-refractivity contribution is 9.10. The third-order valence-corrected chi connectivity index (χ3v) is 6.38. The van der Waals surface area contributed by atoms with E-state index < -0.39 is 0 Å². The molecule has 28 heavy (non-hydrogen) atoms. The molecular weight excluding hydrogens is 432 g/mol. The standard InChI is InChI=1S/C24H26BrClN2/c1-5-10-28-23-13-22(26)18(12-21(23)16(2)14-24(28,3)4)11-19(15-27)17-6-8-20(25)9-7-17/h6-9,11-13,16H,5,10,14H2,1-4H3/b19-11+. The van der Waals surface area contributed by atoms with Gasteiger partial charge in [0.2, 0.25) is 0 Å². The van der Waals surface area contributed by atoms with E-state index in [4.69, 9.17) is 11.6 Å². The minimum Gasteiger partial charge on any atom is -0.366 e. The molecule has 1 aliphatic rings. The fourth-order valence-corrected chi connectivity index (χ4v) is 4.72. The zero-order chi connectivity index (χ0) is 20.5. The number of rotatable bonds is 4.